The Bertz CT molecular complexity index is 1240. The fourth-order valence-corrected chi connectivity index (χ4v) is 3.00. The van der Waals surface area contributed by atoms with E-state index in [-0.39, 0.29) is 34.6 Å². The maximum absolute atomic E-state index is 12.9. The summed E-state index contributed by atoms with van der Waals surface area (Å²) in [6.07, 6.45) is 1.42. The number of aromatic nitrogens is 3. The van der Waals surface area contributed by atoms with Gasteiger partial charge >= 0.3 is 11.7 Å². The van der Waals surface area contributed by atoms with Gasteiger partial charge < -0.3 is 14.8 Å². The summed E-state index contributed by atoms with van der Waals surface area (Å²) in [5.74, 6) is -1.02. The summed E-state index contributed by atoms with van der Waals surface area (Å²) in [4.78, 5) is 54.3. The molecule has 0 spiro atoms. The van der Waals surface area contributed by atoms with E-state index in [1.807, 2.05) is 0 Å². The Kier molecular flexibility index (Phi) is 5.95. The molecule has 0 radical (unpaired) electrons. The quantitative estimate of drug-likeness (QED) is 0.598. The van der Waals surface area contributed by atoms with Crippen LogP contribution in [0.4, 0.5) is 5.69 Å². The van der Waals surface area contributed by atoms with Crippen LogP contribution in [0.15, 0.2) is 46.1 Å². The summed E-state index contributed by atoms with van der Waals surface area (Å²) in [6.45, 7) is 1.29. The SMILES string of the molecule is CCOC(=O)c1ccccc1NC(=O)Cn1c(=O)c2c(OC)ccnc2n(C)c1=O. The second kappa shape index (κ2) is 8.60. The summed E-state index contributed by atoms with van der Waals surface area (Å²) in [5, 5.41) is 2.64. The number of amides is 1. The van der Waals surface area contributed by atoms with Crippen LogP contribution in [0.25, 0.3) is 11.0 Å². The summed E-state index contributed by atoms with van der Waals surface area (Å²) in [6, 6.07) is 7.79. The van der Waals surface area contributed by atoms with Crippen LogP contribution in [0.5, 0.6) is 5.75 Å². The molecule has 3 aromatic rings. The number of carbonyl (C=O) groups is 2. The minimum atomic E-state index is -0.706. The van der Waals surface area contributed by atoms with E-state index in [9.17, 15) is 19.2 Å². The molecule has 3 rings (SSSR count). The van der Waals surface area contributed by atoms with Crippen LogP contribution in [0.3, 0.4) is 0 Å². The van der Waals surface area contributed by atoms with Gasteiger partial charge in [0, 0.05) is 13.2 Å². The van der Waals surface area contributed by atoms with Crippen molar-refractivity contribution >= 4 is 28.6 Å². The van der Waals surface area contributed by atoms with Crippen LogP contribution in [0, 0.1) is 0 Å². The number of pyridine rings is 1. The molecule has 0 aliphatic rings. The van der Waals surface area contributed by atoms with Gasteiger partial charge in [-0.15, -0.1) is 0 Å². The highest BCUT2D eigenvalue weighted by Crippen LogP contribution is 2.19. The minimum Gasteiger partial charge on any atom is -0.496 e. The number of hydrogen-bond acceptors (Lipinski definition) is 7. The highest BCUT2D eigenvalue weighted by atomic mass is 16.5. The molecule has 0 unspecified atom stereocenters. The van der Waals surface area contributed by atoms with Gasteiger partial charge in [-0.25, -0.2) is 19.1 Å². The number of nitrogens with one attached hydrogen (secondary N) is 1. The van der Waals surface area contributed by atoms with E-state index in [0.29, 0.717) is 0 Å². The molecular formula is C20H20N4O6. The van der Waals surface area contributed by atoms with Gasteiger partial charge in [0.1, 0.15) is 17.7 Å². The van der Waals surface area contributed by atoms with Gasteiger partial charge in [0.15, 0.2) is 5.65 Å². The summed E-state index contributed by atoms with van der Waals surface area (Å²) < 4.78 is 12.1. The van der Waals surface area contributed by atoms with E-state index in [2.05, 4.69) is 10.3 Å². The van der Waals surface area contributed by atoms with E-state index >= 15 is 0 Å². The van der Waals surface area contributed by atoms with E-state index < -0.39 is 29.7 Å². The molecule has 1 aromatic carbocycles. The number of fused-ring (bicyclic) bond motifs is 1. The van der Waals surface area contributed by atoms with Crippen LogP contribution in [0.2, 0.25) is 0 Å². The van der Waals surface area contributed by atoms with E-state index in [1.54, 1.807) is 19.1 Å². The van der Waals surface area contributed by atoms with E-state index in [0.717, 1.165) is 4.57 Å². The monoisotopic (exact) mass is 412 g/mol. The molecule has 0 fully saturated rings. The number of aryl methyl sites for hydroxylation is 1. The number of rotatable bonds is 6. The number of carbonyl (C=O) groups excluding carboxylic acids is 2. The Morgan fingerprint density at radius 1 is 1.17 bits per heavy atom. The summed E-state index contributed by atoms with van der Waals surface area (Å²) in [5.41, 5.74) is -0.884. The number of ether oxygens (including phenoxy) is 2. The van der Waals surface area contributed by atoms with E-state index in [4.69, 9.17) is 9.47 Å². The molecule has 0 saturated carbocycles. The lowest BCUT2D eigenvalue weighted by molar-refractivity contribution is -0.116. The fraction of sp³-hybridized carbons (Fsp3) is 0.250. The van der Waals surface area contributed by atoms with Crippen molar-refractivity contribution in [2.75, 3.05) is 19.0 Å². The predicted molar refractivity (Wildman–Crippen MR) is 109 cm³/mol. The predicted octanol–water partition coefficient (Wildman–Crippen LogP) is 0.919. The Labute approximate surface area is 170 Å². The molecule has 156 valence electrons. The first-order valence-electron chi connectivity index (χ1n) is 9.07. The van der Waals surface area contributed by atoms with Gasteiger partial charge in [-0.3, -0.25) is 14.2 Å². The van der Waals surface area contributed by atoms with Crippen molar-refractivity contribution in [3.8, 4) is 5.75 Å². The third-order valence-electron chi connectivity index (χ3n) is 4.41. The Balaban J connectivity index is 1.98. The second-order valence-corrected chi connectivity index (χ2v) is 6.26. The molecule has 0 aliphatic heterocycles. The lowest BCUT2D eigenvalue weighted by atomic mass is 10.2. The van der Waals surface area contributed by atoms with Crippen LogP contribution < -0.4 is 21.3 Å². The molecular weight excluding hydrogens is 392 g/mol. The average Bonchev–Trinajstić information content (AvgIpc) is 2.75. The Morgan fingerprint density at radius 2 is 1.90 bits per heavy atom. The molecule has 2 heterocycles. The zero-order chi connectivity index (χ0) is 21.8. The number of benzene rings is 1. The molecule has 30 heavy (non-hydrogen) atoms. The molecule has 1 N–H and O–H groups in total. The largest absolute Gasteiger partial charge is 0.496 e. The first-order chi connectivity index (χ1) is 14.4. The number of para-hydroxylation sites is 1. The second-order valence-electron chi connectivity index (χ2n) is 6.26. The Hall–Kier alpha value is -3.95. The zero-order valence-electron chi connectivity index (χ0n) is 16.7. The highest BCUT2D eigenvalue weighted by molar-refractivity contribution is 6.01. The van der Waals surface area contributed by atoms with Crippen molar-refractivity contribution in [1.82, 2.24) is 14.1 Å². The van der Waals surface area contributed by atoms with Crippen LogP contribution in [-0.4, -0.2) is 39.7 Å². The summed E-state index contributed by atoms with van der Waals surface area (Å²) in [7, 11) is 2.84. The number of methoxy groups -OCH3 is 1. The normalized spacial score (nSPS) is 10.6. The first-order valence-corrected chi connectivity index (χ1v) is 9.07. The maximum atomic E-state index is 12.9. The molecule has 0 saturated heterocycles. The smallest absolute Gasteiger partial charge is 0.340 e. The third kappa shape index (κ3) is 3.79. The van der Waals surface area contributed by atoms with Gasteiger partial charge in [0.05, 0.1) is 25.0 Å². The van der Waals surface area contributed by atoms with Crippen molar-refractivity contribution in [2.24, 2.45) is 7.05 Å². The van der Waals surface area contributed by atoms with Gasteiger partial charge in [0.2, 0.25) is 5.91 Å². The topological polar surface area (TPSA) is 122 Å². The van der Waals surface area contributed by atoms with E-state index in [1.165, 1.54) is 43.1 Å². The standard InChI is InChI=1S/C20H20N4O6/c1-4-30-19(27)12-7-5-6-8-13(12)22-15(25)11-24-18(26)16-14(29-3)9-10-21-17(16)23(2)20(24)28/h5-10H,4,11H2,1-3H3,(H,22,25). The number of nitrogens with zero attached hydrogens (tertiary/aromatic N) is 3. The van der Waals surface area contributed by atoms with Crippen LogP contribution in [0.1, 0.15) is 17.3 Å². The van der Waals surface area contributed by atoms with Crippen LogP contribution in [-0.2, 0) is 23.1 Å². The minimum absolute atomic E-state index is 0.0850. The molecule has 0 bridgehead atoms. The molecule has 10 heteroatoms. The maximum Gasteiger partial charge on any atom is 0.340 e. The van der Waals surface area contributed by atoms with Crippen LogP contribution >= 0.6 is 0 Å². The molecule has 10 nitrogen and oxygen atoms in total. The van der Waals surface area contributed by atoms with Gasteiger partial charge in [0.25, 0.3) is 5.56 Å². The molecule has 0 atom stereocenters. The van der Waals surface area contributed by atoms with Crippen molar-refractivity contribution in [1.29, 1.82) is 0 Å². The van der Waals surface area contributed by atoms with Gasteiger partial charge in [-0.2, -0.15) is 0 Å². The average molecular weight is 412 g/mol. The molecule has 1 amide bonds. The van der Waals surface area contributed by atoms with Crippen molar-refractivity contribution in [3.05, 3.63) is 62.9 Å². The highest BCUT2D eigenvalue weighted by Gasteiger charge is 2.19. The summed E-state index contributed by atoms with van der Waals surface area (Å²) >= 11 is 0. The number of esters is 1. The first kappa shape index (κ1) is 20.8. The van der Waals surface area contributed by atoms with Crippen molar-refractivity contribution in [2.45, 2.75) is 13.5 Å². The molecule has 0 aliphatic carbocycles. The van der Waals surface area contributed by atoms with Crippen molar-refractivity contribution in [3.63, 3.8) is 0 Å². The fourth-order valence-electron chi connectivity index (χ4n) is 3.00. The number of anilines is 1. The Morgan fingerprint density at radius 3 is 2.60 bits per heavy atom. The lowest BCUT2D eigenvalue weighted by Crippen LogP contribution is -2.42. The van der Waals surface area contributed by atoms with Gasteiger partial charge in [-0.05, 0) is 25.1 Å². The van der Waals surface area contributed by atoms with Gasteiger partial charge in [-0.1, -0.05) is 12.1 Å². The zero-order valence-corrected chi connectivity index (χ0v) is 16.7. The third-order valence-corrected chi connectivity index (χ3v) is 4.41. The molecule has 2 aromatic heterocycles. The lowest BCUT2D eigenvalue weighted by Gasteiger charge is -2.13. The number of hydrogen-bond donors (Lipinski definition) is 1. The van der Waals surface area contributed by atoms with Crippen molar-refractivity contribution < 1.29 is 19.1 Å².